The number of aliphatic hydroxyl groups is 1. The fraction of sp³-hybridized carbons (Fsp3) is 0.440. The van der Waals surface area contributed by atoms with E-state index in [-0.39, 0.29) is 17.9 Å². The third kappa shape index (κ3) is 5.73. The van der Waals surface area contributed by atoms with Gasteiger partial charge in [0.2, 0.25) is 0 Å². The van der Waals surface area contributed by atoms with Crippen molar-refractivity contribution < 1.29 is 32.5 Å². The molecule has 4 N–H and O–H groups in total. The van der Waals surface area contributed by atoms with Crippen LogP contribution in [-0.2, 0) is 10.7 Å². The molecular formula is C25H31F3N4O4. The van der Waals surface area contributed by atoms with Gasteiger partial charge in [-0.1, -0.05) is 0 Å². The summed E-state index contributed by atoms with van der Waals surface area (Å²) < 4.78 is 60.2. The molecule has 8 nitrogen and oxygen atoms in total. The summed E-state index contributed by atoms with van der Waals surface area (Å²) in [6.07, 6.45) is 0. The van der Waals surface area contributed by atoms with Crippen LogP contribution in [0, 0.1) is 12.7 Å². The third-order valence-electron chi connectivity index (χ3n) is 5.76. The predicted molar refractivity (Wildman–Crippen MR) is 131 cm³/mol. The molecule has 2 aromatic carbocycles. The number of aliphatic hydroxyl groups excluding tert-OH is 1. The Labute approximate surface area is 207 Å². The first kappa shape index (κ1) is 27.3. The number of nitrogens with one attached hydrogen (secondary N) is 1. The van der Waals surface area contributed by atoms with Crippen molar-refractivity contribution in [2.75, 3.05) is 38.5 Å². The minimum Gasteiger partial charge on any atom is -0.493 e. The highest BCUT2D eigenvalue weighted by Crippen LogP contribution is 2.38. The van der Waals surface area contributed by atoms with E-state index in [1.165, 1.54) is 13.2 Å². The lowest BCUT2D eigenvalue weighted by molar-refractivity contribution is -0.0583. The molecule has 0 bridgehead atoms. The molecule has 1 heterocycles. The Morgan fingerprint density at radius 2 is 1.81 bits per heavy atom. The molecule has 0 aliphatic carbocycles. The molecule has 0 fully saturated rings. The van der Waals surface area contributed by atoms with Crippen LogP contribution in [0.5, 0.6) is 11.5 Å². The molecule has 0 unspecified atom stereocenters. The lowest BCUT2D eigenvalue weighted by Crippen LogP contribution is -2.30. The second-order valence-corrected chi connectivity index (χ2v) is 9.09. The molecule has 11 heteroatoms. The number of halogens is 3. The fourth-order valence-electron chi connectivity index (χ4n) is 3.56. The minimum atomic E-state index is -3.79. The Morgan fingerprint density at radius 3 is 2.42 bits per heavy atom. The van der Waals surface area contributed by atoms with Gasteiger partial charge in [0.15, 0.2) is 11.5 Å². The molecule has 0 aliphatic rings. The van der Waals surface area contributed by atoms with Gasteiger partial charge in [0, 0.05) is 29.8 Å². The van der Waals surface area contributed by atoms with Gasteiger partial charge < -0.3 is 30.4 Å². The number of anilines is 2. The number of nitrogen functional groups attached to an aromatic ring is 1. The quantitative estimate of drug-likeness (QED) is 0.337. The van der Waals surface area contributed by atoms with E-state index in [0.717, 1.165) is 6.07 Å². The average Bonchev–Trinajstić information content (AvgIpc) is 2.83. The molecule has 196 valence electrons. The number of hydrogen-bond acceptors (Lipinski definition) is 8. The lowest BCUT2D eigenvalue weighted by atomic mass is 9.99. The molecule has 0 radical (unpaired) electrons. The summed E-state index contributed by atoms with van der Waals surface area (Å²) in [5.74, 6) is -3.33. The maximum Gasteiger partial charge on any atom is 0.298 e. The zero-order chi connectivity index (χ0) is 26.8. The number of alkyl halides is 2. The number of methoxy groups -OCH3 is 2. The largest absolute Gasteiger partial charge is 0.493 e. The number of ether oxygens (including phenoxy) is 3. The summed E-state index contributed by atoms with van der Waals surface area (Å²) in [7, 11) is 3.09. The van der Waals surface area contributed by atoms with E-state index in [2.05, 4.69) is 15.3 Å². The van der Waals surface area contributed by atoms with Gasteiger partial charge in [0.25, 0.3) is 5.92 Å². The highest BCUT2D eigenvalue weighted by atomic mass is 19.3. The van der Waals surface area contributed by atoms with Crippen LogP contribution >= 0.6 is 0 Å². The number of fused-ring (bicyclic) bond motifs is 1. The fourth-order valence-corrected chi connectivity index (χ4v) is 3.56. The molecule has 0 amide bonds. The monoisotopic (exact) mass is 508 g/mol. The Hall–Kier alpha value is -3.31. The Morgan fingerprint density at radius 1 is 1.11 bits per heavy atom. The molecule has 0 saturated carbocycles. The van der Waals surface area contributed by atoms with E-state index in [4.69, 9.17) is 25.1 Å². The SMILES string of the molecule is COc1cc2nc(C)nc(N[C@H](C)c3cc(N)cc(C(F)(F)CO)c3F)c2cc1OCC(C)(C)OC. The second kappa shape index (κ2) is 10.4. The number of benzene rings is 2. The summed E-state index contributed by atoms with van der Waals surface area (Å²) >= 11 is 0. The number of hydrogen-bond donors (Lipinski definition) is 3. The van der Waals surface area contributed by atoms with Crippen molar-refractivity contribution in [1.82, 2.24) is 9.97 Å². The van der Waals surface area contributed by atoms with Crippen LogP contribution < -0.4 is 20.5 Å². The third-order valence-corrected chi connectivity index (χ3v) is 5.76. The number of aromatic nitrogens is 2. The number of aryl methyl sites for hydroxylation is 1. The van der Waals surface area contributed by atoms with E-state index in [0.29, 0.717) is 34.0 Å². The maximum absolute atomic E-state index is 15.1. The van der Waals surface area contributed by atoms with E-state index in [1.807, 2.05) is 13.8 Å². The molecule has 0 spiro atoms. The van der Waals surface area contributed by atoms with Crippen molar-refractivity contribution in [3.63, 3.8) is 0 Å². The predicted octanol–water partition coefficient (Wildman–Crippen LogP) is 4.73. The summed E-state index contributed by atoms with van der Waals surface area (Å²) in [5.41, 5.74) is 4.62. The van der Waals surface area contributed by atoms with Crippen molar-refractivity contribution in [3.05, 3.63) is 47.0 Å². The molecular weight excluding hydrogens is 477 g/mol. The average molecular weight is 509 g/mol. The van der Waals surface area contributed by atoms with Gasteiger partial charge in [-0.2, -0.15) is 8.78 Å². The molecule has 1 aromatic heterocycles. The maximum atomic E-state index is 15.1. The van der Waals surface area contributed by atoms with Gasteiger partial charge in [-0.05, 0) is 45.9 Å². The van der Waals surface area contributed by atoms with Gasteiger partial charge in [0.05, 0.1) is 29.8 Å². The minimum absolute atomic E-state index is 0.0620. The van der Waals surface area contributed by atoms with Crippen molar-refractivity contribution in [2.24, 2.45) is 0 Å². The van der Waals surface area contributed by atoms with Gasteiger partial charge in [-0.15, -0.1) is 0 Å². The van der Waals surface area contributed by atoms with Gasteiger partial charge in [-0.3, -0.25) is 0 Å². The molecule has 3 rings (SSSR count). The van der Waals surface area contributed by atoms with Crippen LogP contribution in [0.2, 0.25) is 0 Å². The van der Waals surface area contributed by atoms with Crippen LogP contribution in [0.25, 0.3) is 10.9 Å². The van der Waals surface area contributed by atoms with E-state index < -0.39 is 35.6 Å². The first-order valence-corrected chi connectivity index (χ1v) is 11.2. The number of nitrogens with two attached hydrogens (primary N) is 1. The molecule has 1 atom stereocenters. The summed E-state index contributed by atoms with van der Waals surface area (Å²) in [6, 6.07) is 4.65. The molecule has 0 aliphatic heterocycles. The van der Waals surface area contributed by atoms with Gasteiger partial charge in [0.1, 0.15) is 30.7 Å². The molecule has 0 saturated heterocycles. The van der Waals surface area contributed by atoms with E-state index in [1.54, 1.807) is 33.1 Å². The molecule has 3 aromatic rings. The van der Waals surface area contributed by atoms with Crippen molar-refractivity contribution in [1.29, 1.82) is 0 Å². The van der Waals surface area contributed by atoms with Crippen LogP contribution in [0.4, 0.5) is 24.7 Å². The highest BCUT2D eigenvalue weighted by molar-refractivity contribution is 5.92. The Bertz CT molecular complexity index is 1250. The first-order chi connectivity index (χ1) is 16.8. The van der Waals surface area contributed by atoms with E-state index >= 15 is 4.39 Å². The van der Waals surface area contributed by atoms with Crippen molar-refractivity contribution in [3.8, 4) is 11.5 Å². The first-order valence-electron chi connectivity index (χ1n) is 11.2. The zero-order valence-corrected chi connectivity index (χ0v) is 21.1. The van der Waals surface area contributed by atoms with Gasteiger partial charge in [-0.25, -0.2) is 14.4 Å². The summed E-state index contributed by atoms with van der Waals surface area (Å²) in [4.78, 5) is 8.89. The number of rotatable bonds is 10. The van der Waals surface area contributed by atoms with Gasteiger partial charge >= 0.3 is 0 Å². The van der Waals surface area contributed by atoms with Crippen LogP contribution in [0.1, 0.15) is 43.8 Å². The van der Waals surface area contributed by atoms with Crippen LogP contribution in [0.15, 0.2) is 24.3 Å². The van der Waals surface area contributed by atoms with Crippen LogP contribution in [0.3, 0.4) is 0 Å². The van der Waals surface area contributed by atoms with E-state index in [9.17, 15) is 8.78 Å². The highest BCUT2D eigenvalue weighted by Gasteiger charge is 2.36. The Balaban J connectivity index is 2.06. The summed E-state index contributed by atoms with van der Waals surface area (Å²) in [6.45, 7) is 5.70. The number of nitrogens with zero attached hydrogens (tertiary/aromatic N) is 2. The zero-order valence-electron chi connectivity index (χ0n) is 21.1. The lowest BCUT2D eigenvalue weighted by Gasteiger charge is -2.24. The summed E-state index contributed by atoms with van der Waals surface area (Å²) in [5, 5.41) is 12.7. The van der Waals surface area contributed by atoms with Crippen molar-refractivity contribution >= 4 is 22.4 Å². The standard InChI is InChI=1S/C25H31F3N4O4/c1-13(16-7-15(29)8-18(22(16)26)25(27,28)11-33)30-23-17-9-21(36-12-24(3,4)35-6)20(34-5)10-19(17)31-14(2)32-23/h7-10,13,33H,11-12,29H2,1-6H3,(H,30,31,32)/t13-/m1/s1. The Kier molecular flexibility index (Phi) is 7.85. The molecule has 36 heavy (non-hydrogen) atoms. The normalized spacial score (nSPS) is 13.1. The second-order valence-electron chi connectivity index (χ2n) is 9.09. The smallest absolute Gasteiger partial charge is 0.298 e. The topological polar surface area (TPSA) is 112 Å². The van der Waals surface area contributed by atoms with Crippen molar-refractivity contribution in [2.45, 2.75) is 45.3 Å². The van der Waals surface area contributed by atoms with Crippen LogP contribution in [-0.4, -0.2) is 48.1 Å².